The lowest BCUT2D eigenvalue weighted by molar-refractivity contribution is -0.126. The van der Waals surface area contributed by atoms with E-state index in [2.05, 4.69) is 12.2 Å². The van der Waals surface area contributed by atoms with Gasteiger partial charge >= 0.3 is 0 Å². The maximum atomic E-state index is 11.4. The third kappa shape index (κ3) is 4.64. The average Bonchev–Trinajstić information content (AvgIpc) is 2.22. The Hall–Kier alpha value is -0.530. The van der Waals surface area contributed by atoms with Gasteiger partial charge in [-0.1, -0.05) is 20.8 Å². The van der Waals surface area contributed by atoms with Crippen molar-refractivity contribution in [3.05, 3.63) is 0 Å². The van der Waals surface area contributed by atoms with E-state index in [0.717, 1.165) is 25.3 Å². The molecule has 0 aromatic carbocycles. The first-order valence-electron chi connectivity index (χ1n) is 6.01. The molecule has 0 aromatic rings. The molecule has 0 atom stereocenters. The molecule has 1 fully saturated rings. The second-order valence-electron chi connectivity index (χ2n) is 3.85. The summed E-state index contributed by atoms with van der Waals surface area (Å²) in [4.78, 5) is 11.4. The van der Waals surface area contributed by atoms with Gasteiger partial charge in [0.2, 0.25) is 5.91 Å². The summed E-state index contributed by atoms with van der Waals surface area (Å²) in [5.74, 6) is 1.40. The molecule has 1 saturated carbocycles. The highest BCUT2D eigenvalue weighted by atomic mass is 16.1. The molecule has 1 amide bonds. The molecule has 0 radical (unpaired) electrons. The van der Waals surface area contributed by atoms with Crippen LogP contribution in [-0.4, -0.2) is 12.5 Å². The molecule has 0 aliphatic heterocycles. The predicted octanol–water partition coefficient (Wildman–Crippen LogP) is 2.98. The zero-order valence-electron chi connectivity index (χ0n) is 10.1. The topological polar surface area (TPSA) is 29.1 Å². The van der Waals surface area contributed by atoms with Crippen LogP contribution >= 0.6 is 0 Å². The molecule has 1 aliphatic rings. The first kappa shape index (κ1) is 13.5. The van der Waals surface area contributed by atoms with Crippen molar-refractivity contribution in [2.45, 2.75) is 53.4 Å². The zero-order chi connectivity index (χ0) is 11.0. The third-order valence-electron chi connectivity index (χ3n) is 2.74. The van der Waals surface area contributed by atoms with Crippen molar-refractivity contribution in [1.29, 1.82) is 0 Å². The quantitative estimate of drug-likeness (QED) is 0.728. The lowest BCUT2D eigenvalue weighted by Crippen LogP contribution is -2.32. The lowest BCUT2D eigenvalue weighted by atomic mass is 9.82. The van der Waals surface area contributed by atoms with Gasteiger partial charge in [-0.05, 0) is 38.5 Å². The van der Waals surface area contributed by atoms with E-state index in [1.54, 1.807) is 0 Å². The van der Waals surface area contributed by atoms with Gasteiger partial charge in [-0.25, -0.2) is 0 Å². The normalized spacial score (nSPS) is 26.0. The van der Waals surface area contributed by atoms with Gasteiger partial charge in [0, 0.05) is 12.5 Å². The summed E-state index contributed by atoms with van der Waals surface area (Å²) in [6.45, 7) is 9.02. The Balaban J connectivity index is 0.000000791. The van der Waals surface area contributed by atoms with Crippen LogP contribution in [-0.2, 0) is 4.79 Å². The zero-order valence-corrected chi connectivity index (χ0v) is 10.1. The summed E-state index contributed by atoms with van der Waals surface area (Å²) in [5.41, 5.74) is 0. The number of rotatable bonds is 2. The van der Waals surface area contributed by atoms with E-state index in [-0.39, 0.29) is 5.91 Å². The second-order valence-corrected chi connectivity index (χ2v) is 3.85. The van der Waals surface area contributed by atoms with Gasteiger partial charge in [0.15, 0.2) is 0 Å². The molecule has 1 aliphatic carbocycles. The molecule has 14 heavy (non-hydrogen) atoms. The van der Waals surface area contributed by atoms with Crippen LogP contribution in [0, 0.1) is 11.8 Å². The van der Waals surface area contributed by atoms with E-state index >= 15 is 0 Å². The third-order valence-corrected chi connectivity index (χ3v) is 2.74. The molecule has 0 aromatic heterocycles. The standard InChI is InChI=1S/C10H19NO.C2H6/c1-3-11-10(12)9-6-4-8(2)5-7-9;1-2/h8-9H,3-7H2,1-2H3,(H,11,12);1-2H3. The molecular formula is C12H25NO. The van der Waals surface area contributed by atoms with Crippen LogP contribution in [0.1, 0.15) is 53.4 Å². The van der Waals surface area contributed by atoms with Gasteiger partial charge in [-0.15, -0.1) is 0 Å². The van der Waals surface area contributed by atoms with Gasteiger partial charge in [-0.3, -0.25) is 4.79 Å². The summed E-state index contributed by atoms with van der Waals surface area (Å²) >= 11 is 0. The summed E-state index contributed by atoms with van der Waals surface area (Å²) in [6, 6.07) is 0. The van der Waals surface area contributed by atoms with E-state index in [1.165, 1.54) is 12.8 Å². The van der Waals surface area contributed by atoms with Crippen molar-refractivity contribution in [3.63, 3.8) is 0 Å². The molecule has 1 rings (SSSR count). The fourth-order valence-corrected chi connectivity index (χ4v) is 1.84. The van der Waals surface area contributed by atoms with Crippen molar-refractivity contribution in [1.82, 2.24) is 5.32 Å². The van der Waals surface area contributed by atoms with E-state index in [1.807, 2.05) is 20.8 Å². The van der Waals surface area contributed by atoms with E-state index in [9.17, 15) is 4.79 Å². The highest BCUT2D eigenvalue weighted by Gasteiger charge is 2.23. The van der Waals surface area contributed by atoms with Gasteiger partial charge in [0.1, 0.15) is 0 Å². The second kappa shape index (κ2) is 7.84. The van der Waals surface area contributed by atoms with Crippen molar-refractivity contribution in [2.75, 3.05) is 6.54 Å². The van der Waals surface area contributed by atoms with Gasteiger partial charge in [-0.2, -0.15) is 0 Å². The highest BCUT2D eigenvalue weighted by molar-refractivity contribution is 5.78. The molecule has 0 bridgehead atoms. The number of nitrogens with one attached hydrogen (secondary N) is 1. The van der Waals surface area contributed by atoms with Crippen molar-refractivity contribution < 1.29 is 4.79 Å². The Morgan fingerprint density at radius 3 is 2.14 bits per heavy atom. The molecular weight excluding hydrogens is 174 g/mol. The number of carbonyl (C=O) groups is 1. The predicted molar refractivity (Wildman–Crippen MR) is 61.2 cm³/mol. The molecule has 0 unspecified atom stereocenters. The highest BCUT2D eigenvalue weighted by Crippen LogP contribution is 2.28. The molecule has 0 spiro atoms. The van der Waals surface area contributed by atoms with Crippen LogP contribution in [0.15, 0.2) is 0 Å². The van der Waals surface area contributed by atoms with Crippen LogP contribution in [0.5, 0.6) is 0 Å². The molecule has 1 N–H and O–H groups in total. The van der Waals surface area contributed by atoms with Crippen molar-refractivity contribution in [2.24, 2.45) is 11.8 Å². The molecule has 2 heteroatoms. The van der Waals surface area contributed by atoms with E-state index < -0.39 is 0 Å². The first-order valence-corrected chi connectivity index (χ1v) is 6.01. The minimum atomic E-state index is 0.268. The summed E-state index contributed by atoms with van der Waals surface area (Å²) in [7, 11) is 0. The first-order chi connectivity index (χ1) is 6.74. The number of hydrogen-bond acceptors (Lipinski definition) is 1. The average molecular weight is 199 g/mol. The molecule has 2 nitrogen and oxygen atoms in total. The Morgan fingerprint density at radius 2 is 1.71 bits per heavy atom. The van der Waals surface area contributed by atoms with Gasteiger partial charge < -0.3 is 5.32 Å². The fraction of sp³-hybridized carbons (Fsp3) is 0.917. The summed E-state index contributed by atoms with van der Waals surface area (Å²) in [5, 5.41) is 2.89. The van der Waals surface area contributed by atoms with Crippen LogP contribution in [0.2, 0.25) is 0 Å². The molecule has 0 saturated heterocycles. The summed E-state index contributed by atoms with van der Waals surface area (Å²) < 4.78 is 0. The van der Waals surface area contributed by atoms with Crippen LogP contribution in [0.25, 0.3) is 0 Å². The smallest absolute Gasteiger partial charge is 0.223 e. The van der Waals surface area contributed by atoms with Gasteiger partial charge in [0.05, 0.1) is 0 Å². The van der Waals surface area contributed by atoms with Crippen LogP contribution < -0.4 is 5.32 Å². The molecule has 0 heterocycles. The number of amides is 1. The monoisotopic (exact) mass is 199 g/mol. The lowest BCUT2D eigenvalue weighted by Gasteiger charge is -2.24. The Morgan fingerprint density at radius 1 is 1.21 bits per heavy atom. The number of hydrogen-bond donors (Lipinski definition) is 1. The Labute approximate surface area is 88.5 Å². The summed E-state index contributed by atoms with van der Waals surface area (Å²) in [6.07, 6.45) is 4.63. The van der Waals surface area contributed by atoms with Crippen LogP contribution in [0.4, 0.5) is 0 Å². The maximum absolute atomic E-state index is 11.4. The fourth-order valence-electron chi connectivity index (χ4n) is 1.84. The number of carbonyl (C=O) groups excluding carboxylic acids is 1. The minimum Gasteiger partial charge on any atom is -0.356 e. The Bertz CT molecular complexity index is 148. The van der Waals surface area contributed by atoms with Crippen molar-refractivity contribution in [3.8, 4) is 0 Å². The van der Waals surface area contributed by atoms with Crippen LogP contribution in [0.3, 0.4) is 0 Å². The van der Waals surface area contributed by atoms with E-state index in [4.69, 9.17) is 0 Å². The van der Waals surface area contributed by atoms with E-state index in [0.29, 0.717) is 5.92 Å². The SMILES string of the molecule is CC.CCNC(=O)C1CCC(C)CC1. The Kier molecular flexibility index (Phi) is 7.54. The van der Waals surface area contributed by atoms with Crippen molar-refractivity contribution >= 4 is 5.91 Å². The maximum Gasteiger partial charge on any atom is 0.223 e. The molecule has 84 valence electrons. The largest absolute Gasteiger partial charge is 0.356 e. The minimum absolute atomic E-state index is 0.268. The van der Waals surface area contributed by atoms with Gasteiger partial charge in [0.25, 0.3) is 0 Å².